The molecule has 0 aromatic carbocycles. The van der Waals surface area contributed by atoms with Gasteiger partial charge in [0.1, 0.15) is 5.65 Å². The van der Waals surface area contributed by atoms with Crippen LogP contribution in [0.3, 0.4) is 0 Å². The van der Waals surface area contributed by atoms with E-state index in [9.17, 15) is 9.90 Å². The molecule has 6 heteroatoms. The molecule has 1 fully saturated rings. The van der Waals surface area contributed by atoms with Gasteiger partial charge in [-0.1, -0.05) is 0 Å². The highest BCUT2D eigenvalue weighted by Gasteiger charge is 2.17. The molecule has 3 heterocycles. The number of aliphatic hydroxyl groups excluding tert-OH is 1. The van der Waals surface area contributed by atoms with Crippen molar-refractivity contribution in [3.8, 4) is 0 Å². The molecule has 0 unspecified atom stereocenters. The zero-order valence-corrected chi connectivity index (χ0v) is 11.5. The van der Waals surface area contributed by atoms with E-state index in [1.807, 2.05) is 11.5 Å². The van der Waals surface area contributed by atoms with Gasteiger partial charge in [0.2, 0.25) is 5.95 Å². The molecule has 0 spiro atoms. The van der Waals surface area contributed by atoms with Crippen LogP contribution in [-0.2, 0) is 13.2 Å². The van der Waals surface area contributed by atoms with Crippen molar-refractivity contribution >= 4 is 17.0 Å². The molecule has 0 radical (unpaired) electrons. The highest BCUT2D eigenvalue weighted by Crippen LogP contribution is 2.18. The van der Waals surface area contributed by atoms with Crippen LogP contribution in [0.15, 0.2) is 17.2 Å². The number of fused-ring (bicyclic) bond motifs is 1. The molecule has 6 nitrogen and oxygen atoms in total. The van der Waals surface area contributed by atoms with Gasteiger partial charge in [-0.05, 0) is 19.8 Å². The molecule has 1 aliphatic rings. The van der Waals surface area contributed by atoms with Crippen molar-refractivity contribution in [3.63, 3.8) is 0 Å². The molecule has 3 rings (SSSR count). The summed E-state index contributed by atoms with van der Waals surface area (Å²) in [6.45, 7) is 4.36. The van der Waals surface area contributed by atoms with Crippen LogP contribution in [0.1, 0.15) is 25.3 Å². The fourth-order valence-electron chi connectivity index (χ4n) is 2.65. The van der Waals surface area contributed by atoms with E-state index in [2.05, 4.69) is 14.9 Å². The van der Waals surface area contributed by atoms with E-state index >= 15 is 0 Å². The molecule has 20 heavy (non-hydrogen) atoms. The van der Waals surface area contributed by atoms with Gasteiger partial charge in [0.05, 0.1) is 12.0 Å². The second-order valence-electron chi connectivity index (χ2n) is 5.03. The summed E-state index contributed by atoms with van der Waals surface area (Å²) in [6, 6.07) is 0. The minimum atomic E-state index is -0.261. The fourth-order valence-corrected chi connectivity index (χ4v) is 2.65. The molecule has 1 N–H and O–H groups in total. The summed E-state index contributed by atoms with van der Waals surface area (Å²) in [7, 11) is 0. The van der Waals surface area contributed by atoms with Gasteiger partial charge >= 0.3 is 0 Å². The number of nitrogens with zero attached hydrogens (tertiary/aromatic N) is 4. The number of pyridine rings is 1. The van der Waals surface area contributed by atoms with Gasteiger partial charge in [-0.2, -0.15) is 4.98 Å². The predicted octanol–water partition coefficient (Wildman–Crippen LogP) is 0.904. The molecular formula is C14H18N4O2. The van der Waals surface area contributed by atoms with E-state index < -0.39 is 0 Å². The summed E-state index contributed by atoms with van der Waals surface area (Å²) in [5.74, 6) is 0.688. The summed E-state index contributed by atoms with van der Waals surface area (Å²) in [5, 5.41) is 9.74. The van der Waals surface area contributed by atoms with Crippen LogP contribution in [0.25, 0.3) is 11.0 Å². The minimum Gasteiger partial charge on any atom is -0.391 e. The summed E-state index contributed by atoms with van der Waals surface area (Å²) in [4.78, 5) is 23.2. The highest BCUT2D eigenvalue weighted by atomic mass is 16.3. The second kappa shape index (κ2) is 5.20. The molecule has 0 saturated carbocycles. The van der Waals surface area contributed by atoms with E-state index in [0.717, 1.165) is 25.9 Å². The van der Waals surface area contributed by atoms with Crippen molar-refractivity contribution in [1.82, 2.24) is 14.5 Å². The number of hydrogen-bond acceptors (Lipinski definition) is 5. The third-order valence-electron chi connectivity index (χ3n) is 3.78. The maximum atomic E-state index is 12.2. The molecule has 0 amide bonds. The summed E-state index contributed by atoms with van der Waals surface area (Å²) in [6.07, 6.45) is 5.59. The van der Waals surface area contributed by atoms with Crippen molar-refractivity contribution in [3.05, 3.63) is 28.2 Å². The van der Waals surface area contributed by atoms with E-state index in [1.54, 1.807) is 12.4 Å². The van der Waals surface area contributed by atoms with Crippen molar-refractivity contribution in [2.24, 2.45) is 0 Å². The number of aryl methyl sites for hydroxylation is 1. The Kier molecular flexibility index (Phi) is 3.40. The Bertz CT molecular complexity index is 689. The van der Waals surface area contributed by atoms with Crippen LogP contribution in [0.4, 0.5) is 5.95 Å². The molecule has 1 aliphatic heterocycles. The van der Waals surface area contributed by atoms with Crippen LogP contribution in [0.2, 0.25) is 0 Å². The first-order valence-electron chi connectivity index (χ1n) is 6.99. The number of anilines is 1. The van der Waals surface area contributed by atoms with E-state index in [-0.39, 0.29) is 12.0 Å². The van der Waals surface area contributed by atoms with Crippen molar-refractivity contribution in [1.29, 1.82) is 0 Å². The van der Waals surface area contributed by atoms with Gasteiger partial charge in [-0.15, -0.1) is 0 Å². The molecule has 0 aliphatic carbocycles. The number of rotatable bonds is 3. The van der Waals surface area contributed by atoms with Crippen LogP contribution < -0.4 is 10.3 Å². The predicted molar refractivity (Wildman–Crippen MR) is 76.8 cm³/mol. The van der Waals surface area contributed by atoms with E-state index in [4.69, 9.17) is 0 Å². The number of hydrogen-bond donors (Lipinski definition) is 1. The van der Waals surface area contributed by atoms with E-state index in [1.165, 1.54) is 0 Å². The summed E-state index contributed by atoms with van der Waals surface area (Å²) < 4.78 is 1.89. The Morgan fingerprint density at radius 3 is 2.75 bits per heavy atom. The third kappa shape index (κ3) is 2.06. The Morgan fingerprint density at radius 1 is 1.35 bits per heavy atom. The number of aromatic nitrogens is 3. The fraction of sp³-hybridized carbons (Fsp3) is 0.500. The van der Waals surface area contributed by atoms with Crippen LogP contribution in [0, 0.1) is 0 Å². The first kappa shape index (κ1) is 13.1. The van der Waals surface area contributed by atoms with E-state index in [0.29, 0.717) is 29.1 Å². The third-order valence-corrected chi connectivity index (χ3v) is 3.78. The van der Waals surface area contributed by atoms with Gasteiger partial charge in [-0.3, -0.25) is 4.79 Å². The molecule has 0 bridgehead atoms. The molecule has 0 atom stereocenters. The Morgan fingerprint density at radius 2 is 2.10 bits per heavy atom. The largest absolute Gasteiger partial charge is 0.391 e. The number of aliphatic hydroxyl groups is 1. The second-order valence-corrected chi connectivity index (χ2v) is 5.03. The maximum Gasteiger partial charge on any atom is 0.227 e. The monoisotopic (exact) mass is 274 g/mol. The van der Waals surface area contributed by atoms with Gasteiger partial charge < -0.3 is 14.6 Å². The lowest BCUT2D eigenvalue weighted by Gasteiger charge is -2.16. The van der Waals surface area contributed by atoms with Gasteiger partial charge in [0, 0.05) is 37.6 Å². The summed E-state index contributed by atoms with van der Waals surface area (Å²) >= 11 is 0. The van der Waals surface area contributed by atoms with Gasteiger partial charge in [-0.25, -0.2) is 4.98 Å². The first-order chi connectivity index (χ1) is 9.74. The van der Waals surface area contributed by atoms with Crippen LogP contribution in [-0.4, -0.2) is 32.7 Å². The molecule has 106 valence electrons. The van der Waals surface area contributed by atoms with Gasteiger partial charge in [0.15, 0.2) is 5.43 Å². The van der Waals surface area contributed by atoms with Gasteiger partial charge in [0.25, 0.3) is 0 Å². The van der Waals surface area contributed by atoms with Crippen LogP contribution >= 0.6 is 0 Å². The quantitative estimate of drug-likeness (QED) is 0.900. The SMILES string of the molecule is CCn1cc(CO)c(=O)c2cnc(N3CCCC3)nc21. The Hall–Kier alpha value is -1.95. The molecule has 2 aromatic rings. The Balaban J connectivity index is 2.20. The Labute approximate surface area is 116 Å². The standard InChI is InChI=1S/C14H18N4O2/c1-2-17-8-10(9-19)12(20)11-7-15-14(16-13(11)17)18-5-3-4-6-18/h7-8,19H,2-6,9H2,1H3. The van der Waals surface area contributed by atoms with Crippen molar-refractivity contribution in [2.75, 3.05) is 18.0 Å². The zero-order valence-electron chi connectivity index (χ0n) is 11.5. The molecular weight excluding hydrogens is 256 g/mol. The van der Waals surface area contributed by atoms with Crippen LogP contribution in [0.5, 0.6) is 0 Å². The lowest BCUT2D eigenvalue weighted by molar-refractivity contribution is 0.280. The normalized spacial score (nSPS) is 15.2. The zero-order chi connectivity index (χ0) is 14.1. The highest BCUT2D eigenvalue weighted by molar-refractivity contribution is 5.76. The molecule has 2 aromatic heterocycles. The average Bonchev–Trinajstić information content (AvgIpc) is 3.01. The molecule has 1 saturated heterocycles. The average molecular weight is 274 g/mol. The smallest absolute Gasteiger partial charge is 0.227 e. The topological polar surface area (TPSA) is 71.2 Å². The maximum absolute atomic E-state index is 12.2. The summed E-state index contributed by atoms with van der Waals surface area (Å²) in [5.41, 5.74) is 0.851. The van der Waals surface area contributed by atoms with Crippen molar-refractivity contribution in [2.45, 2.75) is 32.9 Å². The lowest BCUT2D eigenvalue weighted by Crippen LogP contribution is -2.22. The first-order valence-corrected chi connectivity index (χ1v) is 6.99. The van der Waals surface area contributed by atoms with Crippen molar-refractivity contribution < 1.29 is 5.11 Å². The minimum absolute atomic E-state index is 0.180. The lowest BCUT2D eigenvalue weighted by atomic mass is 10.2.